The van der Waals surface area contributed by atoms with E-state index in [4.69, 9.17) is 10.00 Å². The molecule has 1 aliphatic heterocycles. The Morgan fingerprint density at radius 1 is 1.55 bits per heavy atom. The fourth-order valence-corrected chi connectivity index (χ4v) is 2.37. The van der Waals surface area contributed by atoms with Gasteiger partial charge in [-0.1, -0.05) is 0 Å². The average Bonchev–Trinajstić information content (AvgIpc) is 2.49. The van der Waals surface area contributed by atoms with Crippen LogP contribution in [-0.4, -0.2) is 35.8 Å². The van der Waals surface area contributed by atoms with Gasteiger partial charge in [-0.05, 0) is 30.9 Å². The Kier molecular flexibility index (Phi) is 4.91. The second kappa shape index (κ2) is 6.87. The summed E-state index contributed by atoms with van der Waals surface area (Å²) >= 11 is 0. The molecule has 1 saturated heterocycles. The Labute approximate surface area is 117 Å². The smallest absolute Gasteiger partial charge is 0.308 e. The first-order chi connectivity index (χ1) is 9.70. The number of aromatic nitrogens is 1. The largest absolute Gasteiger partial charge is 0.481 e. The van der Waals surface area contributed by atoms with Crippen LogP contribution in [0.3, 0.4) is 0 Å². The predicted molar refractivity (Wildman–Crippen MR) is 72.1 cm³/mol. The lowest BCUT2D eigenvalue weighted by atomic mass is 9.86. The lowest BCUT2D eigenvalue weighted by molar-refractivity contribution is -0.144. The summed E-state index contributed by atoms with van der Waals surface area (Å²) in [7, 11) is 0. The third kappa shape index (κ3) is 3.68. The van der Waals surface area contributed by atoms with Crippen molar-refractivity contribution in [3.05, 3.63) is 24.0 Å². The van der Waals surface area contributed by atoms with Crippen molar-refractivity contribution in [3.8, 4) is 6.07 Å². The van der Waals surface area contributed by atoms with Crippen molar-refractivity contribution in [3.63, 3.8) is 0 Å². The summed E-state index contributed by atoms with van der Waals surface area (Å²) < 4.78 is 5.26. The summed E-state index contributed by atoms with van der Waals surface area (Å²) in [5, 5.41) is 21.1. The average molecular weight is 275 g/mol. The van der Waals surface area contributed by atoms with E-state index in [1.165, 1.54) is 0 Å². The van der Waals surface area contributed by atoms with Crippen LogP contribution in [0.2, 0.25) is 0 Å². The van der Waals surface area contributed by atoms with Gasteiger partial charge in [0.2, 0.25) is 0 Å². The van der Waals surface area contributed by atoms with Crippen LogP contribution in [-0.2, 0) is 9.53 Å². The number of hydrogen-bond acceptors (Lipinski definition) is 5. The number of nitrogens with zero attached hydrogens (tertiary/aromatic N) is 2. The molecule has 0 aliphatic carbocycles. The van der Waals surface area contributed by atoms with E-state index in [1.54, 1.807) is 18.3 Å². The van der Waals surface area contributed by atoms with Crippen LogP contribution in [0.5, 0.6) is 0 Å². The molecule has 2 N–H and O–H groups in total. The molecule has 1 aromatic rings. The van der Waals surface area contributed by atoms with Crippen LogP contribution in [0.4, 0.5) is 5.69 Å². The van der Waals surface area contributed by atoms with Crippen LogP contribution in [0, 0.1) is 23.2 Å². The van der Waals surface area contributed by atoms with Gasteiger partial charge in [0.15, 0.2) is 0 Å². The van der Waals surface area contributed by atoms with Crippen molar-refractivity contribution in [2.24, 2.45) is 11.8 Å². The number of pyridine rings is 1. The summed E-state index contributed by atoms with van der Waals surface area (Å²) in [6.45, 7) is 1.62. The lowest BCUT2D eigenvalue weighted by Crippen LogP contribution is -2.33. The van der Waals surface area contributed by atoms with Gasteiger partial charge in [0.05, 0.1) is 17.8 Å². The molecule has 0 radical (unpaired) electrons. The van der Waals surface area contributed by atoms with Gasteiger partial charge in [0, 0.05) is 19.8 Å². The van der Waals surface area contributed by atoms with E-state index in [1.807, 2.05) is 6.07 Å². The second-order valence-electron chi connectivity index (χ2n) is 4.82. The summed E-state index contributed by atoms with van der Waals surface area (Å²) in [5.74, 6) is -1.08. The standard InChI is InChI=1S/C14H17N3O3/c15-7-11-1-2-12(8-16-11)17-9-13(14(18)19)10-3-5-20-6-4-10/h1-2,8,10,13,17H,3-6,9H2,(H,18,19). The maximum absolute atomic E-state index is 11.4. The Hall–Kier alpha value is -2.13. The number of carboxylic acids is 1. The van der Waals surface area contributed by atoms with Gasteiger partial charge in [-0.15, -0.1) is 0 Å². The monoisotopic (exact) mass is 275 g/mol. The SMILES string of the molecule is N#Cc1ccc(NCC(C(=O)O)C2CCOCC2)cn1. The molecule has 1 unspecified atom stereocenters. The zero-order valence-corrected chi connectivity index (χ0v) is 11.1. The maximum Gasteiger partial charge on any atom is 0.308 e. The van der Waals surface area contributed by atoms with E-state index < -0.39 is 11.9 Å². The molecule has 0 spiro atoms. The highest BCUT2D eigenvalue weighted by Gasteiger charge is 2.29. The van der Waals surface area contributed by atoms with E-state index in [2.05, 4.69) is 10.3 Å². The van der Waals surface area contributed by atoms with Crippen molar-refractivity contribution in [1.29, 1.82) is 5.26 Å². The molecule has 0 bridgehead atoms. The van der Waals surface area contributed by atoms with Crippen molar-refractivity contribution >= 4 is 11.7 Å². The number of rotatable bonds is 5. The molecule has 0 aromatic carbocycles. The fraction of sp³-hybridized carbons (Fsp3) is 0.500. The third-order valence-corrected chi connectivity index (χ3v) is 3.56. The molecule has 2 heterocycles. The van der Waals surface area contributed by atoms with Gasteiger partial charge in [-0.25, -0.2) is 4.98 Å². The highest BCUT2D eigenvalue weighted by atomic mass is 16.5. The molecule has 1 atom stereocenters. The molecule has 0 amide bonds. The zero-order chi connectivity index (χ0) is 14.4. The van der Waals surface area contributed by atoms with Crippen LogP contribution in [0.1, 0.15) is 18.5 Å². The molecule has 1 aliphatic rings. The van der Waals surface area contributed by atoms with E-state index >= 15 is 0 Å². The van der Waals surface area contributed by atoms with Crippen LogP contribution >= 0.6 is 0 Å². The van der Waals surface area contributed by atoms with Crippen LogP contribution < -0.4 is 5.32 Å². The van der Waals surface area contributed by atoms with Crippen molar-refractivity contribution in [2.75, 3.05) is 25.1 Å². The normalized spacial score (nSPS) is 17.1. The van der Waals surface area contributed by atoms with E-state index in [0.717, 1.165) is 18.5 Å². The number of carbonyl (C=O) groups is 1. The Morgan fingerprint density at radius 2 is 2.30 bits per heavy atom. The number of aliphatic carboxylic acids is 1. The molecule has 1 fully saturated rings. The minimum absolute atomic E-state index is 0.139. The molecule has 20 heavy (non-hydrogen) atoms. The molecule has 0 saturated carbocycles. The number of carboxylic acid groups (broad SMARTS) is 1. The summed E-state index contributed by atoms with van der Waals surface area (Å²) in [5.41, 5.74) is 1.07. The number of hydrogen-bond donors (Lipinski definition) is 2. The number of ether oxygens (including phenoxy) is 1. The molecular weight excluding hydrogens is 258 g/mol. The lowest BCUT2D eigenvalue weighted by Gasteiger charge is -2.27. The summed E-state index contributed by atoms with van der Waals surface area (Å²) in [4.78, 5) is 15.3. The van der Waals surface area contributed by atoms with Gasteiger partial charge in [-0.3, -0.25) is 4.79 Å². The van der Waals surface area contributed by atoms with Gasteiger partial charge >= 0.3 is 5.97 Å². The first kappa shape index (κ1) is 14.3. The van der Waals surface area contributed by atoms with Crippen molar-refractivity contribution in [1.82, 2.24) is 4.98 Å². The fourth-order valence-electron chi connectivity index (χ4n) is 2.37. The van der Waals surface area contributed by atoms with Gasteiger partial charge in [0.25, 0.3) is 0 Å². The van der Waals surface area contributed by atoms with Gasteiger partial charge in [0.1, 0.15) is 11.8 Å². The minimum Gasteiger partial charge on any atom is -0.481 e. The number of nitriles is 1. The quantitative estimate of drug-likeness (QED) is 0.845. The molecule has 1 aromatic heterocycles. The summed E-state index contributed by atoms with van der Waals surface area (Å²) in [6.07, 6.45) is 3.11. The van der Waals surface area contributed by atoms with E-state index in [9.17, 15) is 9.90 Å². The van der Waals surface area contributed by atoms with Crippen LogP contribution in [0.15, 0.2) is 18.3 Å². The number of anilines is 1. The summed E-state index contributed by atoms with van der Waals surface area (Å²) in [6, 6.07) is 5.28. The molecule has 106 valence electrons. The first-order valence-electron chi connectivity index (χ1n) is 6.61. The molecule has 2 rings (SSSR count). The second-order valence-corrected chi connectivity index (χ2v) is 4.82. The highest BCUT2D eigenvalue weighted by Crippen LogP contribution is 2.24. The van der Waals surface area contributed by atoms with Gasteiger partial charge < -0.3 is 15.2 Å². The number of nitrogens with one attached hydrogen (secondary N) is 1. The van der Waals surface area contributed by atoms with Crippen molar-refractivity contribution in [2.45, 2.75) is 12.8 Å². The maximum atomic E-state index is 11.4. The van der Waals surface area contributed by atoms with Gasteiger partial charge in [-0.2, -0.15) is 5.26 Å². The molecular formula is C14H17N3O3. The Balaban J connectivity index is 1.94. The Morgan fingerprint density at radius 3 is 2.85 bits per heavy atom. The highest BCUT2D eigenvalue weighted by molar-refractivity contribution is 5.71. The minimum atomic E-state index is -0.786. The first-order valence-corrected chi connectivity index (χ1v) is 6.61. The van der Waals surface area contributed by atoms with E-state index in [-0.39, 0.29) is 5.92 Å². The third-order valence-electron chi connectivity index (χ3n) is 3.56. The zero-order valence-electron chi connectivity index (χ0n) is 11.1. The van der Waals surface area contributed by atoms with Crippen LogP contribution in [0.25, 0.3) is 0 Å². The predicted octanol–water partition coefficient (Wildman–Crippen LogP) is 1.49. The molecule has 6 heteroatoms. The topological polar surface area (TPSA) is 95.2 Å². The van der Waals surface area contributed by atoms with E-state index in [0.29, 0.717) is 25.5 Å². The Bertz CT molecular complexity index is 489. The van der Waals surface area contributed by atoms with Crippen molar-refractivity contribution < 1.29 is 14.6 Å². The molecule has 6 nitrogen and oxygen atoms in total.